The molecule has 1 aromatic carbocycles. The van der Waals surface area contributed by atoms with E-state index < -0.39 is 0 Å². The van der Waals surface area contributed by atoms with Crippen LogP contribution in [0.1, 0.15) is 10.7 Å². The summed E-state index contributed by atoms with van der Waals surface area (Å²) in [5, 5.41) is 3.04. The van der Waals surface area contributed by atoms with Crippen molar-refractivity contribution < 1.29 is 9.47 Å². The number of hydrogen-bond acceptors (Lipinski definition) is 4. The van der Waals surface area contributed by atoms with E-state index in [1.54, 1.807) is 18.4 Å². The third-order valence-electron chi connectivity index (χ3n) is 2.38. The third kappa shape index (κ3) is 3.62. The Morgan fingerprint density at radius 1 is 1.22 bits per heavy atom. The molecule has 0 saturated carbocycles. The predicted octanol–water partition coefficient (Wildman–Crippen LogP) is 3.51. The lowest BCUT2D eigenvalue weighted by molar-refractivity contribution is 0.321. The fourth-order valence-corrected chi connectivity index (χ4v) is 2.46. The van der Waals surface area contributed by atoms with Gasteiger partial charge < -0.3 is 9.47 Å². The predicted molar refractivity (Wildman–Crippen MR) is 73.9 cm³/mol. The zero-order chi connectivity index (χ0) is 12.8. The normalized spacial score (nSPS) is 10.3. The number of thiazole rings is 1. The van der Waals surface area contributed by atoms with E-state index in [0.717, 1.165) is 28.6 Å². The van der Waals surface area contributed by atoms with Gasteiger partial charge in [0.05, 0.1) is 30.3 Å². The highest BCUT2D eigenvalue weighted by Gasteiger charge is 2.01. The molecule has 0 N–H and O–H groups in total. The fraction of sp³-hybridized carbons (Fsp3) is 0.308. The van der Waals surface area contributed by atoms with Crippen LogP contribution >= 0.6 is 22.9 Å². The van der Waals surface area contributed by atoms with Crippen LogP contribution in [0.15, 0.2) is 29.6 Å². The van der Waals surface area contributed by atoms with Crippen LogP contribution in [0.3, 0.4) is 0 Å². The molecule has 0 aliphatic heterocycles. The molecule has 0 unspecified atom stereocenters. The van der Waals surface area contributed by atoms with E-state index in [0.29, 0.717) is 12.5 Å². The van der Waals surface area contributed by atoms with Crippen molar-refractivity contribution in [3.63, 3.8) is 0 Å². The summed E-state index contributed by atoms with van der Waals surface area (Å²) in [6, 6.07) is 7.55. The van der Waals surface area contributed by atoms with Gasteiger partial charge in [0, 0.05) is 11.8 Å². The van der Waals surface area contributed by atoms with E-state index in [1.807, 2.05) is 29.6 Å². The molecule has 0 atom stereocenters. The van der Waals surface area contributed by atoms with Crippen LogP contribution in [0, 0.1) is 0 Å². The van der Waals surface area contributed by atoms with Gasteiger partial charge in [0.2, 0.25) is 0 Å². The monoisotopic (exact) mass is 283 g/mol. The van der Waals surface area contributed by atoms with E-state index in [4.69, 9.17) is 21.1 Å². The number of nitrogens with zero attached hydrogens (tertiary/aromatic N) is 1. The topological polar surface area (TPSA) is 31.4 Å². The number of methoxy groups -OCH3 is 1. The van der Waals surface area contributed by atoms with Crippen molar-refractivity contribution in [1.82, 2.24) is 4.98 Å². The molecule has 2 rings (SSSR count). The van der Waals surface area contributed by atoms with Crippen LogP contribution in [0.4, 0.5) is 0 Å². The van der Waals surface area contributed by atoms with E-state index >= 15 is 0 Å². The molecule has 0 radical (unpaired) electrons. The van der Waals surface area contributed by atoms with Gasteiger partial charge in [-0.2, -0.15) is 0 Å². The molecule has 0 aliphatic rings. The van der Waals surface area contributed by atoms with E-state index in [9.17, 15) is 0 Å². The van der Waals surface area contributed by atoms with Crippen molar-refractivity contribution >= 4 is 22.9 Å². The Morgan fingerprint density at radius 3 is 2.56 bits per heavy atom. The molecule has 3 nitrogen and oxygen atoms in total. The van der Waals surface area contributed by atoms with Crippen molar-refractivity contribution in [2.45, 2.75) is 12.3 Å². The number of halogens is 1. The van der Waals surface area contributed by atoms with Gasteiger partial charge in [-0.1, -0.05) is 0 Å². The highest BCUT2D eigenvalue weighted by molar-refractivity contribution is 7.09. The minimum absolute atomic E-state index is 0.468. The van der Waals surface area contributed by atoms with Gasteiger partial charge >= 0.3 is 0 Å². The summed E-state index contributed by atoms with van der Waals surface area (Å²) >= 11 is 7.32. The number of ether oxygens (including phenoxy) is 2. The Hall–Kier alpha value is -1.26. The van der Waals surface area contributed by atoms with Crippen LogP contribution in [-0.2, 0) is 12.3 Å². The van der Waals surface area contributed by atoms with Crippen LogP contribution in [0.2, 0.25) is 0 Å². The molecule has 96 valence electrons. The van der Waals surface area contributed by atoms with E-state index in [2.05, 4.69) is 4.98 Å². The number of hydrogen-bond donors (Lipinski definition) is 0. The standard InChI is InChI=1S/C13H14ClNO2S/c1-16-11-2-4-12(5-3-11)17-7-6-13-15-10(8-14)9-18-13/h2-5,9H,6-8H2,1H3. The first-order chi connectivity index (χ1) is 8.81. The molecule has 1 heterocycles. The second-order valence-electron chi connectivity index (χ2n) is 3.64. The van der Waals surface area contributed by atoms with E-state index in [-0.39, 0.29) is 0 Å². The molecular weight excluding hydrogens is 270 g/mol. The molecule has 0 amide bonds. The Kier molecular flexibility index (Phi) is 4.84. The number of rotatable bonds is 6. The zero-order valence-corrected chi connectivity index (χ0v) is 11.6. The van der Waals surface area contributed by atoms with Gasteiger partial charge in [-0.05, 0) is 24.3 Å². The first-order valence-electron chi connectivity index (χ1n) is 5.58. The van der Waals surface area contributed by atoms with Crippen molar-refractivity contribution in [1.29, 1.82) is 0 Å². The van der Waals surface area contributed by atoms with Gasteiger partial charge in [0.25, 0.3) is 0 Å². The largest absolute Gasteiger partial charge is 0.497 e. The molecule has 18 heavy (non-hydrogen) atoms. The lowest BCUT2D eigenvalue weighted by Crippen LogP contribution is -2.01. The average Bonchev–Trinajstić information content (AvgIpc) is 2.87. The minimum atomic E-state index is 0.468. The summed E-state index contributed by atoms with van der Waals surface area (Å²) in [4.78, 5) is 4.37. The Labute approximate surface area is 115 Å². The van der Waals surface area contributed by atoms with Crippen LogP contribution in [0.25, 0.3) is 0 Å². The summed E-state index contributed by atoms with van der Waals surface area (Å²) in [5.74, 6) is 2.13. The van der Waals surface area contributed by atoms with Gasteiger partial charge in [-0.25, -0.2) is 4.98 Å². The minimum Gasteiger partial charge on any atom is -0.497 e. The highest BCUT2D eigenvalue weighted by Crippen LogP contribution is 2.18. The second-order valence-corrected chi connectivity index (χ2v) is 4.85. The average molecular weight is 284 g/mol. The summed E-state index contributed by atoms with van der Waals surface area (Å²) in [6.07, 6.45) is 0.799. The fourth-order valence-electron chi connectivity index (χ4n) is 1.45. The summed E-state index contributed by atoms with van der Waals surface area (Å²) in [7, 11) is 1.65. The smallest absolute Gasteiger partial charge is 0.119 e. The summed E-state index contributed by atoms with van der Waals surface area (Å²) < 4.78 is 10.7. The van der Waals surface area contributed by atoms with Crippen molar-refractivity contribution in [3.8, 4) is 11.5 Å². The van der Waals surface area contributed by atoms with Crippen LogP contribution in [-0.4, -0.2) is 18.7 Å². The van der Waals surface area contributed by atoms with Crippen molar-refractivity contribution in [2.24, 2.45) is 0 Å². The molecule has 0 aliphatic carbocycles. The third-order valence-corrected chi connectivity index (χ3v) is 3.61. The zero-order valence-electron chi connectivity index (χ0n) is 10.1. The number of benzene rings is 1. The van der Waals surface area contributed by atoms with Gasteiger partial charge in [-0.15, -0.1) is 22.9 Å². The molecule has 0 saturated heterocycles. The lowest BCUT2D eigenvalue weighted by atomic mass is 10.3. The maximum Gasteiger partial charge on any atom is 0.119 e. The maximum absolute atomic E-state index is 5.70. The molecule has 0 fully saturated rings. The first kappa shape index (κ1) is 13.2. The quantitative estimate of drug-likeness (QED) is 0.760. The van der Waals surface area contributed by atoms with Crippen LogP contribution in [0.5, 0.6) is 11.5 Å². The second kappa shape index (κ2) is 6.61. The van der Waals surface area contributed by atoms with E-state index in [1.165, 1.54) is 0 Å². The van der Waals surface area contributed by atoms with Gasteiger partial charge in [-0.3, -0.25) is 0 Å². The van der Waals surface area contributed by atoms with Crippen LogP contribution < -0.4 is 9.47 Å². The highest BCUT2D eigenvalue weighted by atomic mass is 35.5. The first-order valence-corrected chi connectivity index (χ1v) is 6.99. The van der Waals surface area contributed by atoms with Crippen molar-refractivity contribution in [2.75, 3.05) is 13.7 Å². The summed E-state index contributed by atoms with van der Waals surface area (Å²) in [5.41, 5.74) is 0.932. The lowest BCUT2D eigenvalue weighted by Gasteiger charge is -2.05. The Bertz CT molecular complexity index is 484. The van der Waals surface area contributed by atoms with Crippen molar-refractivity contribution in [3.05, 3.63) is 40.3 Å². The molecule has 0 spiro atoms. The SMILES string of the molecule is COc1ccc(OCCc2nc(CCl)cs2)cc1. The molecule has 2 aromatic rings. The molecule has 0 bridgehead atoms. The summed E-state index contributed by atoms with van der Waals surface area (Å²) in [6.45, 7) is 0.613. The number of alkyl halides is 1. The Morgan fingerprint density at radius 2 is 1.94 bits per heavy atom. The van der Waals surface area contributed by atoms with Gasteiger partial charge in [0.1, 0.15) is 11.5 Å². The maximum atomic E-state index is 5.70. The number of aromatic nitrogens is 1. The molecular formula is C13H14ClNO2S. The molecule has 5 heteroatoms. The molecule has 1 aromatic heterocycles. The van der Waals surface area contributed by atoms with Gasteiger partial charge in [0.15, 0.2) is 0 Å². The Balaban J connectivity index is 1.80.